The molecule has 0 amide bonds. The lowest BCUT2D eigenvalue weighted by Gasteiger charge is -2.19. The Morgan fingerprint density at radius 1 is 1.03 bits per heavy atom. The Morgan fingerprint density at radius 3 is 2.26 bits per heavy atom. The first-order valence-electron chi connectivity index (χ1n) is 9.80. The fourth-order valence-corrected chi connectivity index (χ4v) is 3.31. The topological polar surface area (TPSA) is 54.0 Å². The molecule has 0 N–H and O–H groups in total. The first-order chi connectivity index (χ1) is 14.7. The molecule has 7 heteroatoms. The molecule has 0 heterocycles. The number of benzene rings is 2. The zero-order chi connectivity index (χ0) is 23.0. The van der Waals surface area contributed by atoms with Crippen LogP contribution in [0.1, 0.15) is 38.3 Å². The fourth-order valence-electron chi connectivity index (χ4n) is 2.74. The molecule has 2 aromatic carbocycles. The van der Waals surface area contributed by atoms with Gasteiger partial charge in [-0.25, -0.2) is 4.79 Å². The van der Waals surface area contributed by atoms with E-state index in [4.69, 9.17) is 42.1 Å². The molecule has 0 unspecified atom stereocenters. The van der Waals surface area contributed by atoms with Crippen LogP contribution in [0.2, 0.25) is 10.0 Å². The molecular weight excluding hydrogens is 439 g/mol. The van der Waals surface area contributed by atoms with Crippen molar-refractivity contribution in [2.75, 3.05) is 20.8 Å². The molecule has 0 radical (unpaired) electrons. The van der Waals surface area contributed by atoms with Crippen molar-refractivity contribution in [1.82, 2.24) is 0 Å². The van der Waals surface area contributed by atoms with E-state index in [0.29, 0.717) is 39.3 Å². The number of halogens is 2. The van der Waals surface area contributed by atoms with Crippen molar-refractivity contribution in [2.24, 2.45) is 5.41 Å². The average Bonchev–Trinajstić information content (AvgIpc) is 2.71. The molecule has 2 aromatic rings. The van der Waals surface area contributed by atoms with Gasteiger partial charge in [-0.05, 0) is 23.0 Å². The van der Waals surface area contributed by atoms with Crippen LogP contribution in [-0.4, -0.2) is 26.8 Å². The molecule has 0 bridgehead atoms. The van der Waals surface area contributed by atoms with Crippen molar-refractivity contribution in [3.8, 4) is 11.5 Å². The van der Waals surface area contributed by atoms with E-state index in [9.17, 15) is 4.79 Å². The van der Waals surface area contributed by atoms with E-state index in [1.54, 1.807) is 18.2 Å². The van der Waals surface area contributed by atoms with E-state index in [-0.39, 0.29) is 12.0 Å². The van der Waals surface area contributed by atoms with Crippen LogP contribution in [0.25, 0.3) is 5.57 Å². The highest BCUT2D eigenvalue weighted by atomic mass is 35.5. The predicted octanol–water partition coefficient (Wildman–Crippen LogP) is 6.55. The summed E-state index contributed by atoms with van der Waals surface area (Å²) < 4.78 is 21.6. The van der Waals surface area contributed by atoms with Crippen LogP contribution in [0.15, 0.2) is 42.7 Å². The van der Waals surface area contributed by atoms with Gasteiger partial charge in [-0.2, -0.15) is 0 Å². The molecule has 0 aliphatic rings. The molecule has 2 rings (SSSR count). The summed E-state index contributed by atoms with van der Waals surface area (Å²) in [6, 6.07) is 10.7. The van der Waals surface area contributed by atoms with Gasteiger partial charge in [0.25, 0.3) is 0 Å². The van der Waals surface area contributed by atoms with Crippen molar-refractivity contribution >= 4 is 34.7 Å². The van der Waals surface area contributed by atoms with Crippen LogP contribution in [0.3, 0.4) is 0 Å². The van der Waals surface area contributed by atoms with Crippen molar-refractivity contribution in [2.45, 2.75) is 33.8 Å². The number of hydrogen-bond acceptors (Lipinski definition) is 5. The second-order valence-electron chi connectivity index (χ2n) is 8.08. The third kappa shape index (κ3) is 7.37. The predicted molar refractivity (Wildman–Crippen MR) is 124 cm³/mol. The smallest absolute Gasteiger partial charge is 0.341 e. The van der Waals surface area contributed by atoms with Gasteiger partial charge in [0, 0.05) is 12.1 Å². The lowest BCUT2D eigenvalue weighted by molar-refractivity contribution is -0.133. The Bertz CT molecular complexity index is 909. The Kier molecular flexibility index (Phi) is 9.08. The highest BCUT2D eigenvalue weighted by Gasteiger charge is 2.18. The zero-order valence-corrected chi connectivity index (χ0v) is 20.0. The van der Waals surface area contributed by atoms with Crippen molar-refractivity contribution in [3.63, 3.8) is 0 Å². The minimum Gasteiger partial charge on any atom is -0.503 e. The molecule has 0 fully saturated rings. The van der Waals surface area contributed by atoms with Gasteiger partial charge in [-0.1, -0.05) is 68.2 Å². The Balaban J connectivity index is 2.17. The zero-order valence-electron chi connectivity index (χ0n) is 18.5. The van der Waals surface area contributed by atoms with E-state index in [1.165, 1.54) is 20.5 Å². The molecule has 0 spiro atoms. The maximum atomic E-state index is 12.1. The first-order valence-corrected chi connectivity index (χ1v) is 10.6. The molecule has 0 saturated carbocycles. The molecular formula is C24H28Cl2O5. The lowest BCUT2D eigenvalue weighted by Crippen LogP contribution is -2.11. The number of hydrogen-bond donors (Lipinski definition) is 0. The summed E-state index contributed by atoms with van der Waals surface area (Å²) in [7, 11) is 2.79. The van der Waals surface area contributed by atoms with Crippen LogP contribution < -0.4 is 9.47 Å². The van der Waals surface area contributed by atoms with Crippen molar-refractivity contribution < 1.29 is 23.7 Å². The van der Waals surface area contributed by atoms with E-state index in [1.807, 2.05) is 18.2 Å². The summed E-state index contributed by atoms with van der Waals surface area (Å²) in [6.45, 7) is 7.12. The van der Waals surface area contributed by atoms with E-state index in [0.717, 1.165) is 12.0 Å². The van der Waals surface area contributed by atoms with Gasteiger partial charge in [0.15, 0.2) is 5.75 Å². The number of methoxy groups -OCH3 is 2. The molecule has 0 aliphatic carbocycles. The molecule has 31 heavy (non-hydrogen) atoms. The minimum absolute atomic E-state index is 0.149. The van der Waals surface area contributed by atoms with E-state index < -0.39 is 5.97 Å². The molecule has 168 valence electrons. The molecule has 0 saturated heterocycles. The first kappa shape index (κ1) is 24.9. The largest absolute Gasteiger partial charge is 0.503 e. The Morgan fingerprint density at radius 2 is 1.68 bits per heavy atom. The van der Waals surface area contributed by atoms with Crippen LogP contribution in [0.5, 0.6) is 11.5 Å². The van der Waals surface area contributed by atoms with Crippen LogP contribution in [0.4, 0.5) is 0 Å². The number of ether oxygens (including phenoxy) is 4. The minimum atomic E-state index is -0.503. The Labute approximate surface area is 193 Å². The number of carbonyl (C=O) groups is 1. The number of esters is 1. The van der Waals surface area contributed by atoms with Crippen LogP contribution in [-0.2, 0) is 20.9 Å². The summed E-state index contributed by atoms with van der Waals surface area (Å²) >= 11 is 12.7. The summed E-state index contributed by atoms with van der Waals surface area (Å²) in [5, 5.41) is 0.749. The van der Waals surface area contributed by atoms with E-state index in [2.05, 4.69) is 20.8 Å². The monoisotopic (exact) mass is 466 g/mol. The Hall–Kier alpha value is -2.37. The fraction of sp³-hybridized carbons (Fsp3) is 0.375. The van der Waals surface area contributed by atoms with Gasteiger partial charge in [0.1, 0.15) is 17.9 Å². The summed E-state index contributed by atoms with van der Waals surface area (Å²) in [6.07, 6.45) is 2.22. The van der Waals surface area contributed by atoms with Gasteiger partial charge < -0.3 is 18.9 Å². The third-order valence-electron chi connectivity index (χ3n) is 4.41. The molecule has 0 aromatic heterocycles. The van der Waals surface area contributed by atoms with Gasteiger partial charge >= 0.3 is 5.97 Å². The SMILES string of the molecule is COC=C(C(=O)OC)c1ccccc1COc1cc(Cl)c(OCCC(C)(C)C)c(Cl)c1. The van der Waals surface area contributed by atoms with Gasteiger partial charge in [-0.3, -0.25) is 0 Å². The summed E-state index contributed by atoms with van der Waals surface area (Å²) in [4.78, 5) is 12.1. The number of carbonyl (C=O) groups excluding carboxylic acids is 1. The van der Waals surface area contributed by atoms with Crippen LogP contribution >= 0.6 is 23.2 Å². The van der Waals surface area contributed by atoms with Crippen LogP contribution in [0, 0.1) is 5.41 Å². The second-order valence-corrected chi connectivity index (χ2v) is 8.89. The summed E-state index contributed by atoms with van der Waals surface area (Å²) in [5.74, 6) is 0.428. The highest BCUT2D eigenvalue weighted by molar-refractivity contribution is 6.37. The van der Waals surface area contributed by atoms with Crippen molar-refractivity contribution in [1.29, 1.82) is 0 Å². The normalized spacial score (nSPS) is 11.8. The maximum Gasteiger partial charge on any atom is 0.341 e. The highest BCUT2D eigenvalue weighted by Crippen LogP contribution is 2.38. The lowest BCUT2D eigenvalue weighted by atomic mass is 9.93. The summed E-state index contributed by atoms with van der Waals surface area (Å²) in [5.41, 5.74) is 1.86. The average molecular weight is 467 g/mol. The number of rotatable bonds is 9. The molecule has 0 atom stereocenters. The standard InChI is InChI=1S/C24H28Cl2O5/c1-24(2,3)10-11-30-22-20(25)12-17(13-21(22)26)31-14-16-8-6-7-9-18(16)19(15-28-4)23(27)29-5/h6-9,12-13,15H,10-11,14H2,1-5H3. The second kappa shape index (κ2) is 11.3. The van der Waals surface area contributed by atoms with E-state index >= 15 is 0 Å². The third-order valence-corrected chi connectivity index (χ3v) is 4.97. The quantitative estimate of drug-likeness (QED) is 0.238. The van der Waals surface area contributed by atoms with Crippen molar-refractivity contribution in [3.05, 3.63) is 63.8 Å². The molecule has 5 nitrogen and oxygen atoms in total. The molecule has 0 aliphatic heterocycles. The van der Waals surface area contributed by atoms with Gasteiger partial charge in [-0.15, -0.1) is 0 Å². The maximum absolute atomic E-state index is 12.1. The van der Waals surface area contributed by atoms with Gasteiger partial charge in [0.2, 0.25) is 0 Å². The van der Waals surface area contributed by atoms with Gasteiger partial charge in [0.05, 0.1) is 37.1 Å².